The van der Waals surface area contributed by atoms with Gasteiger partial charge in [-0.2, -0.15) is 0 Å². The van der Waals surface area contributed by atoms with Gasteiger partial charge in [-0.3, -0.25) is 0 Å². The third-order valence-corrected chi connectivity index (χ3v) is 1.61. The van der Waals surface area contributed by atoms with Gasteiger partial charge in [0.2, 0.25) is 0 Å². The maximum Gasteiger partial charge on any atom is 0.0186 e. The lowest BCUT2D eigenvalue weighted by atomic mass is 10.3. The fourth-order valence-corrected chi connectivity index (χ4v) is 0.577. The summed E-state index contributed by atoms with van der Waals surface area (Å²) in [4.78, 5) is 2.19. The van der Waals surface area contributed by atoms with Crippen LogP contribution in [0.3, 0.4) is 0 Å². The second-order valence-corrected chi connectivity index (χ2v) is 2.76. The van der Waals surface area contributed by atoms with E-state index in [9.17, 15) is 0 Å². The van der Waals surface area contributed by atoms with Crippen LogP contribution in [0, 0.1) is 0 Å². The van der Waals surface area contributed by atoms with Crippen molar-refractivity contribution >= 4 is 0 Å². The van der Waals surface area contributed by atoms with E-state index in [0.717, 1.165) is 13.1 Å². The van der Waals surface area contributed by atoms with Gasteiger partial charge in [-0.05, 0) is 21.0 Å². The Labute approximate surface area is 63.9 Å². The van der Waals surface area contributed by atoms with Gasteiger partial charge in [0.05, 0.1) is 0 Å². The highest BCUT2D eigenvalue weighted by molar-refractivity contribution is 4.72. The van der Waals surface area contributed by atoms with Gasteiger partial charge in [-0.1, -0.05) is 6.08 Å². The second kappa shape index (κ2) is 5.45. The molecule has 0 rings (SSSR count). The fourth-order valence-electron chi connectivity index (χ4n) is 0.577. The Hall–Kier alpha value is -0.340. The zero-order chi connectivity index (χ0) is 7.98. The van der Waals surface area contributed by atoms with Crippen molar-refractivity contribution in [2.75, 3.05) is 27.2 Å². The molecule has 0 aromatic rings. The van der Waals surface area contributed by atoms with Crippen molar-refractivity contribution in [1.82, 2.24) is 10.2 Å². The van der Waals surface area contributed by atoms with Crippen molar-refractivity contribution in [3.05, 3.63) is 12.7 Å². The largest absolute Gasteiger partial charge is 0.312 e. The summed E-state index contributed by atoms with van der Waals surface area (Å²) in [5.41, 5.74) is 0. The first-order valence-electron chi connectivity index (χ1n) is 3.66. The molecule has 0 radical (unpaired) electrons. The lowest BCUT2D eigenvalue weighted by Gasteiger charge is -2.19. The van der Waals surface area contributed by atoms with Crippen LogP contribution in [-0.4, -0.2) is 38.1 Å². The summed E-state index contributed by atoms with van der Waals surface area (Å²) >= 11 is 0. The Balaban J connectivity index is 3.21. The van der Waals surface area contributed by atoms with Gasteiger partial charge in [-0.15, -0.1) is 6.58 Å². The van der Waals surface area contributed by atoms with Crippen molar-refractivity contribution in [3.63, 3.8) is 0 Å². The maximum absolute atomic E-state index is 3.63. The molecule has 1 atom stereocenters. The van der Waals surface area contributed by atoms with Crippen molar-refractivity contribution in [3.8, 4) is 0 Å². The van der Waals surface area contributed by atoms with Crippen LogP contribution in [0.15, 0.2) is 12.7 Å². The quantitative estimate of drug-likeness (QED) is 0.449. The molecule has 0 aromatic carbocycles. The summed E-state index contributed by atoms with van der Waals surface area (Å²) in [7, 11) is 4.17. The van der Waals surface area contributed by atoms with Crippen LogP contribution in [0.5, 0.6) is 0 Å². The van der Waals surface area contributed by atoms with Crippen molar-refractivity contribution < 1.29 is 0 Å². The summed E-state index contributed by atoms with van der Waals surface area (Å²) in [6, 6.07) is 0.597. The molecular weight excluding hydrogens is 124 g/mol. The third-order valence-electron chi connectivity index (χ3n) is 1.61. The Kier molecular flexibility index (Phi) is 5.26. The van der Waals surface area contributed by atoms with Gasteiger partial charge in [0.1, 0.15) is 0 Å². The van der Waals surface area contributed by atoms with Crippen molar-refractivity contribution in [1.29, 1.82) is 0 Å². The predicted octanol–water partition coefficient (Wildman–Crippen LogP) is 0.712. The number of hydrogen-bond donors (Lipinski definition) is 1. The van der Waals surface area contributed by atoms with Gasteiger partial charge in [0.25, 0.3) is 0 Å². The number of nitrogens with zero attached hydrogens (tertiary/aromatic N) is 1. The molecule has 0 heterocycles. The molecule has 1 unspecified atom stereocenters. The Bertz CT molecular complexity index is 89.3. The van der Waals surface area contributed by atoms with E-state index in [0.29, 0.717) is 6.04 Å². The van der Waals surface area contributed by atoms with E-state index in [-0.39, 0.29) is 0 Å². The summed E-state index contributed by atoms with van der Waals surface area (Å²) in [6.45, 7) is 7.74. The highest BCUT2D eigenvalue weighted by Gasteiger charge is 2.00. The Morgan fingerprint density at radius 3 is 2.60 bits per heavy atom. The highest BCUT2D eigenvalue weighted by atomic mass is 15.1. The second-order valence-electron chi connectivity index (χ2n) is 2.76. The van der Waals surface area contributed by atoms with E-state index in [2.05, 4.69) is 37.8 Å². The molecule has 10 heavy (non-hydrogen) atoms. The molecule has 0 aliphatic heterocycles. The minimum Gasteiger partial charge on any atom is -0.312 e. The molecule has 2 nitrogen and oxygen atoms in total. The molecule has 0 saturated heterocycles. The number of hydrogen-bond acceptors (Lipinski definition) is 2. The van der Waals surface area contributed by atoms with E-state index < -0.39 is 0 Å². The van der Waals surface area contributed by atoms with Crippen LogP contribution in [0.1, 0.15) is 6.92 Å². The third kappa shape index (κ3) is 4.53. The van der Waals surface area contributed by atoms with Gasteiger partial charge >= 0.3 is 0 Å². The monoisotopic (exact) mass is 142 g/mol. The topological polar surface area (TPSA) is 15.3 Å². The molecule has 0 saturated carbocycles. The summed E-state index contributed by atoms with van der Waals surface area (Å²) in [5, 5.41) is 3.26. The molecule has 1 N–H and O–H groups in total. The molecule has 0 bridgehead atoms. The summed E-state index contributed by atoms with van der Waals surface area (Å²) < 4.78 is 0. The maximum atomic E-state index is 3.63. The Morgan fingerprint density at radius 1 is 1.60 bits per heavy atom. The van der Waals surface area contributed by atoms with E-state index in [1.54, 1.807) is 0 Å². The average Bonchev–Trinajstić information content (AvgIpc) is 1.88. The van der Waals surface area contributed by atoms with Gasteiger partial charge < -0.3 is 10.2 Å². The average molecular weight is 142 g/mol. The lowest BCUT2D eigenvalue weighted by molar-refractivity contribution is 0.306. The minimum atomic E-state index is 0.597. The molecule has 0 aliphatic carbocycles. The fraction of sp³-hybridized carbons (Fsp3) is 0.750. The molecule has 0 aromatic heterocycles. The van der Waals surface area contributed by atoms with Gasteiger partial charge in [-0.25, -0.2) is 0 Å². The van der Waals surface area contributed by atoms with Crippen LogP contribution >= 0.6 is 0 Å². The summed E-state index contributed by atoms with van der Waals surface area (Å²) in [6.07, 6.45) is 1.88. The van der Waals surface area contributed by atoms with E-state index in [1.165, 1.54) is 0 Å². The normalized spacial score (nSPS) is 13.6. The van der Waals surface area contributed by atoms with Gasteiger partial charge in [0.15, 0.2) is 0 Å². The molecule has 0 fully saturated rings. The lowest BCUT2D eigenvalue weighted by Crippen LogP contribution is -2.35. The highest BCUT2D eigenvalue weighted by Crippen LogP contribution is 1.87. The molecule has 0 spiro atoms. The number of nitrogens with one attached hydrogen (secondary N) is 1. The van der Waals surface area contributed by atoms with Crippen LogP contribution in [0.25, 0.3) is 0 Å². The van der Waals surface area contributed by atoms with Gasteiger partial charge in [0, 0.05) is 19.1 Å². The predicted molar refractivity (Wildman–Crippen MR) is 46.2 cm³/mol. The van der Waals surface area contributed by atoms with Crippen molar-refractivity contribution in [2.24, 2.45) is 0 Å². The van der Waals surface area contributed by atoms with Crippen LogP contribution in [0.2, 0.25) is 0 Å². The smallest absolute Gasteiger partial charge is 0.0186 e. The molecule has 0 amide bonds. The van der Waals surface area contributed by atoms with Crippen LogP contribution < -0.4 is 5.32 Å². The van der Waals surface area contributed by atoms with Crippen LogP contribution in [-0.2, 0) is 0 Å². The van der Waals surface area contributed by atoms with Crippen molar-refractivity contribution in [2.45, 2.75) is 13.0 Å². The first kappa shape index (κ1) is 9.66. The van der Waals surface area contributed by atoms with E-state index in [4.69, 9.17) is 0 Å². The zero-order valence-corrected chi connectivity index (χ0v) is 7.22. The standard InChI is InChI=1S/C8H18N2/c1-5-6-9-7-8(2)10(3)4/h5,8-9H,1,6-7H2,2-4H3. The molecule has 60 valence electrons. The zero-order valence-electron chi connectivity index (χ0n) is 7.22. The van der Waals surface area contributed by atoms with E-state index >= 15 is 0 Å². The first-order valence-corrected chi connectivity index (χ1v) is 3.66. The first-order chi connectivity index (χ1) is 4.68. The Morgan fingerprint density at radius 2 is 2.20 bits per heavy atom. The van der Waals surface area contributed by atoms with E-state index in [1.807, 2.05) is 6.08 Å². The molecule has 2 heteroatoms. The SMILES string of the molecule is C=CCNCC(C)N(C)C. The minimum absolute atomic E-state index is 0.597. The number of rotatable bonds is 5. The van der Waals surface area contributed by atoms with Crippen LogP contribution in [0.4, 0.5) is 0 Å². The molecule has 0 aliphatic rings. The molecular formula is C8H18N2. The number of likely N-dealkylation sites (N-methyl/N-ethyl adjacent to an activating group) is 1. The summed E-state index contributed by atoms with van der Waals surface area (Å²) in [5.74, 6) is 0.